The summed E-state index contributed by atoms with van der Waals surface area (Å²) < 4.78 is 13.1. The molecule has 0 bridgehead atoms. The highest BCUT2D eigenvalue weighted by Gasteiger charge is 2.40. The summed E-state index contributed by atoms with van der Waals surface area (Å²) in [7, 11) is 0. The van der Waals surface area contributed by atoms with Gasteiger partial charge in [-0.1, -0.05) is 78.9 Å². The van der Waals surface area contributed by atoms with Crippen LogP contribution in [0.4, 0.5) is 0 Å². The minimum atomic E-state index is 0.00602. The summed E-state index contributed by atoms with van der Waals surface area (Å²) in [4.78, 5) is 9.08. The lowest BCUT2D eigenvalue weighted by molar-refractivity contribution is 0.464. The Kier molecular flexibility index (Phi) is 5.88. The van der Waals surface area contributed by atoms with E-state index in [0.717, 1.165) is 84.2 Å². The van der Waals surface area contributed by atoms with Crippen LogP contribution in [0.25, 0.3) is 44.8 Å². The van der Waals surface area contributed by atoms with E-state index in [1.54, 1.807) is 0 Å². The average Bonchev–Trinajstić information content (AvgIpc) is 3.12. The molecule has 210 valence electrons. The quantitative estimate of drug-likeness (QED) is 0.200. The molecule has 0 amide bonds. The molecule has 0 saturated heterocycles. The van der Waals surface area contributed by atoms with Gasteiger partial charge in [-0.05, 0) is 93.8 Å². The van der Waals surface area contributed by atoms with Crippen molar-refractivity contribution in [3.8, 4) is 67.8 Å². The predicted octanol–water partition coefficient (Wildman–Crippen LogP) is 7.87. The van der Waals surface area contributed by atoms with E-state index in [2.05, 4.69) is 94.9 Å². The maximum Gasteiger partial charge on any atom is 0.260 e. The molecule has 5 heteroatoms. The van der Waals surface area contributed by atoms with Gasteiger partial charge >= 0.3 is 0 Å². The van der Waals surface area contributed by atoms with E-state index in [0.29, 0.717) is 0 Å². The Labute approximate surface area is 261 Å². The molecule has 0 saturated carbocycles. The molecule has 2 aliphatic heterocycles. The minimum Gasteiger partial charge on any atom is -0.458 e. The zero-order chi connectivity index (χ0) is 29.7. The first-order valence-electron chi connectivity index (χ1n) is 15.1. The van der Waals surface area contributed by atoms with Crippen molar-refractivity contribution in [2.75, 3.05) is 0 Å². The Bertz CT molecular complexity index is 2080. The number of hydrogen-bond acceptors (Lipinski definition) is 4. The second kappa shape index (κ2) is 10.4. The van der Waals surface area contributed by atoms with Gasteiger partial charge in [-0.3, -0.25) is 9.97 Å². The van der Waals surface area contributed by atoms with Gasteiger partial charge in [0.15, 0.2) is 0 Å². The van der Waals surface area contributed by atoms with Crippen molar-refractivity contribution in [1.82, 2.24) is 9.97 Å². The largest absolute Gasteiger partial charge is 0.458 e. The summed E-state index contributed by atoms with van der Waals surface area (Å²) in [5.74, 6) is 3.40. The van der Waals surface area contributed by atoms with Crippen LogP contribution in [0, 0.1) is 0 Å². The van der Waals surface area contributed by atoms with Crippen molar-refractivity contribution < 1.29 is 9.47 Å². The average molecular weight is 576 g/mol. The van der Waals surface area contributed by atoms with E-state index < -0.39 is 0 Å². The van der Waals surface area contributed by atoms with Crippen LogP contribution in [0.1, 0.15) is 0 Å². The SMILES string of the molecule is c1ccc(-c2cccc(-c3ccc4c(c3)Oc3cccc5c3B4c3ccc(-c4cccc(-c6ccccn6)c4)cc3O5)c2)nc1. The molecular formula is C40H25BN2O2. The van der Waals surface area contributed by atoms with Crippen molar-refractivity contribution in [3.05, 3.63) is 152 Å². The molecule has 0 unspecified atom stereocenters. The molecule has 0 aliphatic carbocycles. The third kappa shape index (κ3) is 4.40. The van der Waals surface area contributed by atoms with E-state index >= 15 is 0 Å². The van der Waals surface area contributed by atoms with Gasteiger partial charge in [0.1, 0.15) is 23.0 Å². The van der Waals surface area contributed by atoms with Crippen LogP contribution >= 0.6 is 0 Å². The molecule has 0 fully saturated rings. The molecule has 5 aromatic carbocycles. The van der Waals surface area contributed by atoms with Gasteiger partial charge in [-0.2, -0.15) is 0 Å². The second-order valence-corrected chi connectivity index (χ2v) is 11.4. The van der Waals surface area contributed by atoms with Crippen molar-refractivity contribution >= 4 is 23.1 Å². The first-order valence-corrected chi connectivity index (χ1v) is 15.1. The molecule has 2 aromatic heterocycles. The first kappa shape index (κ1) is 25.6. The van der Waals surface area contributed by atoms with E-state index in [9.17, 15) is 0 Å². The van der Waals surface area contributed by atoms with E-state index in [-0.39, 0.29) is 6.71 Å². The van der Waals surface area contributed by atoms with E-state index in [1.165, 1.54) is 0 Å². The normalized spacial score (nSPS) is 12.3. The summed E-state index contributed by atoms with van der Waals surface area (Å²) in [6, 6.07) is 48.2. The molecule has 4 nitrogen and oxygen atoms in total. The topological polar surface area (TPSA) is 44.2 Å². The lowest BCUT2D eigenvalue weighted by Gasteiger charge is -2.33. The summed E-state index contributed by atoms with van der Waals surface area (Å²) >= 11 is 0. The molecule has 4 heterocycles. The van der Waals surface area contributed by atoms with Gasteiger partial charge in [-0.25, -0.2) is 0 Å². The Morgan fingerprint density at radius 3 is 1.33 bits per heavy atom. The van der Waals surface area contributed by atoms with Gasteiger partial charge in [0.05, 0.1) is 11.4 Å². The lowest BCUT2D eigenvalue weighted by Crippen LogP contribution is -2.57. The summed E-state index contributed by atoms with van der Waals surface area (Å²) in [5, 5.41) is 0. The van der Waals surface area contributed by atoms with Crippen LogP contribution in [0.5, 0.6) is 23.0 Å². The molecular weight excluding hydrogens is 551 g/mol. The van der Waals surface area contributed by atoms with Gasteiger partial charge in [-0.15, -0.1) is 0 Å². The van der Waals surface area contributed by atoms with Gasteiger partial charge < -0.3 is 9.47 Å². The summed E-state index contributed by atoms with van der Waals surface area (Å²) in [6.07, 6.45) is 3.66. The third-order valence-electron chi connectivity index (χ3n) is 8.72. The lowest BCUT2D eigenvalue weighted by atomic mass is 9.35. The molecule has 0 atom stereocenters. The molecule has 0 radical (unpaired) electrons. The van der Waals surface area contributed by atoms with Crippen LogP contribution in [0.15, 0.2) is 152 Å². The summed E-state index contributed by atoms with van der Waals surface area (Å²) in [5.41, 5.74) is 11.9. The number of benzene rings is 5. The van der Waals surface area contributed by atoms with Gasteiger partial charge in [0.2, 0.25) is 0 Å². The first-order chi connectivity index (χ1) is 22.3. The number of pyridine rings is 2. The molecule has 9 rings (SSSR count). The number of rotatable bonds is 4. The Hall–Kier alpha value is -5.94. The predicted molar refractivity (Wildman–Crippen MR) is 181 cm³/mol. The van der Waals surface area contributed by atoms with Crippen molar-refractivity contribution in [2.45, 2.75) is 0 Å². The summed E-state index contributed by atoms with van der Waals surface area (Å²) in [6.45, 7) is 0.00602. The van der Waals surface area contributed by atoms with E-state index in [1.807, 2.05) is 67.0 Å². The molecule has 0 N–H and O–H groups in total. The van der Waals surface area contributed by atoms with Gasteiger partial charge in [0, 0.05) is 29.0 Å². The standard InChI is InChI=1S/C40H25BN2O2/c1-3-20-42-34(12-1)30-10-5-8-26(22-30)28-16-18-32-38(24-28)44-36-14-7-15-37-40(36)41(32)33-19-17-29(25-39(33)45-37)27-9-6-11-31(23-27)35-13-2-4-21-43-35/h1-25H. The fourth-order valence-corrected chi connectivity index (χ4v) is 6.57. The second-order valence-electron chi connectivity index (χ2n) is 11.4. The smallest absolute Gasteiger partial charge is 0.260 e. The van der Waals surface area contributed by atoms with Crippen LogP contribution < -0.4 is 25.9 Å². The zero-order valence-electron chi connectivity index (χ0n) is 24.2. The van der Waals surface area contributed by atoms with Crippen LogP contribution in [0.3, 0.4) is 0 Å². The molecule has 2 aliphatic rings. The molecule has 45 heavy (non-hydrogen) atoms. The third-order valence-corrected chi connectivity index (χ3v) is 8.72. The highest BCUT2D eigenvalue weighted by molar-refractivity contribution is 6.98. The number of aromatic nitrogens is 2. The van der Waals surface area contributed by atoms with Crippen molar-refractivity contribution in [2.24, 2.45) is 0 Å². The van der Waals surface area contributed by atoms with Crippen molar-refractivity contribution in [1.29, 1.82) is 0 Å². The maximum absolute atomic E-state index is 6.57. The fraction of sp³-hybridized carbons (Fsp3) is 0. The zero-order valence-corrected chi connectivity index (χ0v) is 24.2. The Morgan fingerprint density at radius 2 is 0.844 bits per heavy atom. The van der Waals surface area contributed by atoms with Crippen LogP contribution in [0.2, 0.25) is 0 Å². The Morgan fingerprint density at radius 1 is 0.378 bits per heavy atom. The number of nitrogens with zero attached hydrogens (tertiary/aromatic N) is 2. The van der Waals surface area contributed by atoms with Crippen molar-refractivity contribution in [3.63, 3.8) is 0 Å². The Balaban J connectivity index is 1.12. The molecule has 7 aromatic rings. The van der Waals surface area contributed by atoms with Crippen LogP contribution in [-0.4, -0.2) is 16.7 Å². The number of fused-ring (bicyclic) bond motifs is 4. The fourth-order valence-electron chi connectivity index (χ4n) is 6.57. The van der Waals surface area contributed by atoms with Crippen LogP contribution in [-0.2, 0) is 0 Å². The highest BCUT2D eigenvalue weighted by atomic mass is 16.5. The minimum absolute atomic E-state index is 0.00602. The highest BCUT2D eigenvalue weighted by Crippen LogP contribution is 2.37. The maximum atomic E-state index is 6.57. The van der Waals surface area contributed by atoms with Gasteiger partial charge in [0.25, 0.3) is 6.71 Å². The van der Waals surface area contributed by atoms with E-state index in [4.69, 9.17) is 9.47 Å². The number of hydrogen-bond donors (Lipinski definition) is 0. The molecule has 0 spiro atoms. The number of ether oxygens (including phenoxy) is 2. The monoisotopic (exact) mass is 576 g/mol.